The SMILES string of the molecule is NCC1CC(=O)N(c2cccc(F)c2O)C1. The van der Waals surface area contributed by atoms with Crippen molar-refractivity contribution in [3.63, 3.8) is 0 Å². The first kappa shape index (κ1) is 10.9. The molecule has 1 aliphatic rings. The minimum absolute atomic E-state index is 0.0789. The maximum atomic E-state index is 13.1. The maximum absolute atomic E-state index is 13.1. The van der Waals surface area contributed by atoms with E-state index in [-0.39, 0.29) is 17.5 Å². The highest BCUT2D eigenvalue weighted by Crippen LogP contribution is 2.33. The smallest absolute Gasteiger partial charge is 0.227 e. The number of phenols is 1. The van der Waals surface area contributed by atoms with Crippen molar-refractivity contribution in [1.82, 2.24) is 0 Å². The normalized spacial score (nSPS) is 20.5. The van der Waals surface area contributed by atoms with E-state index in [0.29, 0.717) is 19.5 Å². The van der Waals surface area contributed by atoms with E-state index in [1.807, 2.05) is 0 Å². The van der Waals surface area contributed by atoms with Crippen molar-refractivity contribution < 1.29 is 14.3 Å². The van der Waals surface area contributed by atoms with Gasteiger partial charge in [0.15, 0.2) is 11.6 Å². The van der Waals surface area contributed by atoms with Crippen molar-refractivity contribution in [3.05, 3.63) is 24.0 Å². The summed E-state index contributed by atoms with van der Waals surface area (Å²) in [5.74, 6) is -1.25. The molecule has 0 aliphatic carbocycles. The molecule has 0 spiro atoms. The van der Waals surface area contributed by atoms with Crippen LogP contribution in [0, 0.1) is 11.7 Å². The van der Waals surface area contributed by atoms with Gasteiger partial charge in [0.1, 0.15) is 0 Å². The quantitative estimate of drug-likeness (QED) is 0.782. The molecule has 2 rings (SSSR count). The lowest BCUT2D eigenvalue weighted by Crippen LogP contribution is -2.25. The third kappa shape index (κ3) is 1.74. The molecule has 1 saturated heterocycles. The monoisotopic (exact) mass is 224 g/mol. The average molecular weight is 224 g/mol. The zero-order valence-corrected chi connectivity index (χ0v) is 8.69. The van der Waals surface area contributed by atoms with Crippen LogP contribution in [0.2, 0.25) is 0 Å². The van der Waals surface area contributed by atoms with Gasteiger partial charge in [-0.05, 0) is 24.6 Å². The highest BCUT2D eigenvalue weighted by Gasteiger charge is 2.31. The molecule has 0 saturated carbocycles. The molecule has 1 fully saturated rings. The third-order valence-corrected chi connectivity index (χ3v) is 2.79. The summed E-state index contributed by atoms with van der Waals surface area (Å²) >= 11 is 0. The minimum atomic E-state index is -0.721. The number of carbonyl (C=O) groups is 1. The van der Waals surface area contributed by atoms with Crippen molar-refractivity contribution in [2.24, 2.45) is 11.7 Å². The Kier molecular flexibility index (Phi) is 2.78. The molecule has 5 heteroatoms. The van der Waals surface area contributed by atoms with E-state index in [1.54, 1.807) is 0 Å². The summed E-state index contributed by atoms with van der Waals surface area (Å²) in [4.78, 5) is 13.0. The number of halogens is 1. The lowest BCUT2D eigenvalue weighted by atomic mass is 10.1. The van der Waals surface area contributed by atoms with Crippen molar-refractivity contribution in [1.29, 1.82) is 0 Å². The molecular formula is C11H13FN2O2. The first-order valence-electron chi connectivity index (χ1n) is 5.11. The van der Waals surface area contributed by atoms with E-state index < -0.39 is 11.6 Å². The van der Waals surface area contributed by atoms with Crippen molar-refractivity contribution in [2.45, 2.75) is 6.42 Å². The summed E-state index contributed by atoms with van der Waals surface area (Å²) in [6, 6.07) is 4.14. The van der Waals surface area contributed by atoms with Gasteiger partial charge in [-0.25, -0.2) is 4.39 Å². The molecule has 0 bridgehead atoms. The van der Waals surface area contributed by atoms with Crippen LogP contribution < -0.4 is 10.6 Å². The number of carbonyl (C=O) groups excluding carboxylic acids is 1. The Morgan fingerprint density at radius 1 is 1.56 bits per heavy atom. The van der Waals surface area contributed by atoms with E-state index >= 15 is 0 Å². The van der Waals surface area contributed by atoms with Crippen LogP contribution >= 0.6 is 0 Å². The molecule has 1 amide bonds. The fourth-order valence-corrected chi connectivity index (χ4v) is 1.89. The first-order chi connectivity index (χ1) is 7.63. The predicted octanol–water partition coefficient (Wildman–Crippen LogP) is 0.843. The predicted molar refractivity (Wildman–Crippen MR) is 57.6 cm³/mol. The lowest BCUT2D eigenvalue weighted by Gasteiger charge is -2.17. The summed E-state index contributed by atoms with van der Waals surface area (Å²) in [6.45, 7) is 0.852. The van der Waals surface area contributed by atoms with Crippen LogP contribution in [-0.4, -0.2) is 24.1 Å². The molecule has 1 aromatic carbocycles. The van der Waals surface area contributed by atoms with Gasteiger partial charge in [0.25, 0.3) is 0 Å². The number of anilines is 1. The zero-order chi connectivity index (χ0) is 11.7. The van der Waals surface area contributed by atoms with Gasteiger partial charge in [-0.15, -0.1) is 0 Å². The average Bonchev–Trinajstić information content (AvgIpc) is 2.64. The van der Waals surface area contributed by atoms with Crippen LogP contribution in [0.4, 0.5) is 10.1 Å². The molecule has 3 N–H and O–H groups in total. The summed E-state index contributed by atoms with van der Waals surface area (Å²) in [5, 5.41) is 9.53. The van der Waals surface area contributed by atoms with Gasteiger partial charge < -0.3 is 15.7 Å². The Bertz CT molecular complexity index is 422. The Morgan fingerprint density at radius 3 is 2.94 bits per heavy atom. The number of para-hydroxylation sites is 1. The van der Waals surface area contributed by atoms with Crippen LogP contribution in [0.1, 0.15) is 6.42 Å². The Balaban J connectivity index is 2.31. The second-order valence-corrected chi connectivity index (χ2v) is 3.92. The van der Waals surface area contributed by atoms with E-state index in [2.05, 4.69) is 0 Å². The van der Waals surface area contributed by atoms with Crippen LogP contribution in [0.3, 0.4) is 0 Å². The summed E-state index contributed by atoms with van der Waals surface area (Å²) in [7, 11) is 0. The molecule has 1 aromatic rings. The van der Waals surface area contributed by atoms with Crippen molar-refractivity contribution in [2.75, 3.05) is 18.0 Å². The molecule has 16 heavy (non-hydrogen) atoms. The van der Waals surface area contributed by atoms with Gasteiger partial charge >= 0.3 is 0 Å². The summed E-state index contributed by atoms with van der Waals surface area (Å²) < 4.78 is 13.1. The van der Waals surface area contributed by atoms with E-state index in [4.69, 9.17) is 5.73 Å². The lowest BCUT2D eigenvalue weighted by molar-refractivity contribution is -0.117. The number of amides is 1. The largest absolute Gasteiger partial charge is 0.503 e. The van der Waals surface area contributed by atoms with Crippen molar-refractivity contribution in [3.8, 4) is 5.75 Å². The molecule has 0 radical (unpaired) electrons. The van der Waals surface area contributed by atoms with Crippen LogP contribution in [0.5, 0.6) is 5.75 Å². The number of hydrogen-bond acceptors (Lipinski definition) is 3. The molecule has 1 atom stereocenters. The fraction of sp³-hybridized carbons (Fsp3) is 0.364. The third-order valence-electron chi connectivity index (χ3n) is 2.79. The fourth-order valence-electron chi connectivity index (χ4n) is 1.89. The molecule has 0 aromatic heterocycles. The van der Waals surface area contributed by atoms with Crippen LogP contribution in [0.25, 0.3) is 0 Å². The highest BCUT2D eigenvalue weighted by molar-refractivity contribution is 5.97. The standard InChI is InChI=1S/C11H13FN2O2/c12-8-2-1-3-9(11(8)16)14-6-7(5-13)4-10(14)15/h1-3,7,16H,4-6,13H2. The van der Waals surface area contributed by atoms with E-state index in [0.717, 1.165) is 6.07 Å². The van der Waals surface area contributed by atoms with E-state index in [9.17, 15) is 14.3 Å². The van der Waals surface area contributed by atoms with E-state index in [1.165, 1.54) is 17.0 Å². The molecule has 1 heterocycles. The number of nitrogens with two attached hydrogens (primary N) is 1. The highest BCUT2D eigenvalue weighted by atomic mass is 19.1. The van der Waals surface area contributed by atoms with Crippen LogP contribution in [-0.2, 0) is 4.79 Å². The second-order valence-electron chi connectivity index (χ2n) is 3.92. The Morgan fingerprint density at radius 2 is 2.31 bits per heavy atom. The molecule has 1 aliphatic heterocycles. The van der Waals surface area contributed by atoms with Gasteiger partial charge in [0.05, 0.1) is 5.69 Å². The second kappa shape index (κ2) is 4.09. The maximum Gasteiger partial charge on any atom is 0.227 e. The number of phenolic OH excluding ortho intramolecular Hbond substituents is 1. The number of benzene rings is 1. The molecule has 1 unspecified atom stereocenters. The first-order valence-corrected chi connectivity index (χ1v) is 5.11. The number of hydrogen-bond donors (Lipinski definition) is 2. The number of aromatic hydroxyl groups is 1. The summed E-state index contributed by atoms with van der Waals surface area (Å²) in [5.41, 5.74) is 5.71. The van der Waals surface area contributed by atoms with Gasteiger partial charge in [-0.1, -0.05) is 6.07 Å². The Hall–Kier alpha value is -1.62. The van der Waals surface area contributed by atoms with Gasteiger partial charge in [0.2, 0.25) is 5.91 Å². The van der Waals surface area contributed by atoms with Gasteiger partial charge in [-0.2, -0.15) is 0 Å². The minimum Gasteiger partial charge on any atom is -0.503 e. The van der Waals surface area contributed by atoms with Crippen LogP contribution in [0.15, 0.2) is 18.2 Å². The number of rotatable bonds is 2. The summed E-state index contributed by atoms with van der Waals surface area (Å²) in [6.07, 6.45) is 0.354. The molecular weight excluding hydrogens is 211 g/mol. The zero-order valence-electron chi connectivity index (χ0n) is 8.69. The van der Waals surface area contributed by atoms with Gasteiger partial charge in [-0.3, -0.25) is 4.79 Å². The van der Waals surface area contributed by atoms with Crippen molar-refractivity contribution >= 4 is 11.6 Å². The molecule has 86 valence electrons. The Labute approximate surface area is 92.5 Å². The number of nitrogens with zero attached hydrogens (tertiary/aromatic N) is 1. The molecule has 4 nitrogen and oxygen atoms in total. The topological polar surface area (TPSA) is 66.6 Å². The van der Waals surface area contributed by atoms with Gasteiger partial charge in [0, 0.05) is 13.0 Å².